The number of ether oxygens (including phenoxy) is 2. The summed E-state index contributed by atoms with van der Waals surface area (Å²) in [4.78, 5) is 12.7. The van der Waals surface area contributed by atoms with Crippen LogP contribution in [0.15, 0.2) is 53.7 Å². The molecule has 6 nitrogen and oxygen atoms in total. The highest BCUT2D eigenvalue weighted by atomic mass is 35.5. The number of halogens is 1. The standard InChI is InChI=1S/C20H18ClN3O3S/c1-12(18(25)13-7-9-14(21)10-8-13)28-20-23-22-19(24(20)2)17-11-26-15-5-3-4-6-16(15)27-17/h3-10,12,17H,11H2,1-2H3. The molecule has 0 saturated heterocycles. The van der Waals surface area contributed by atoms with E-state index >= 15 is 0 Å². The third kappa shape index (κ3) is 3.72. The van der Waals surface area contributed by atoms with Gasteiger partial charge in [-0.25, -0.2) is 0 Å². The number of nitrogens with zero attached hydrogens (tertiary/aromatic N) is 3. The summed E-state index contributed by atoms with van der Waals surface area (Å²) in [7, 11) is 1.86. The van der Waals surface area contributed by atoms with E-state index in [1.165, 1.54) is 11.8 Å². The molecule has 2 heterocycles. The monoisotopic (exact) mass is 415 g/mol. The van der Waals surface area contributed by atoms with Crippen molar-refractivity contribution in [2.75, 3.05) is 6.61 Å². The predicted molar refractivity (Wildman–Crippen MR) is 107 cm³/mol. The van der Waals surface area contributed by atoms with Gasteiger partial charge in [-0.2, -0.15) is 0 Å². The third-order valence-corrected chi connectivity index (χ3v) is 5.83. The summed E-state index contributed by atoms with van der Waals surface area (Å²) >= 11 is 7.25. The lowest BCUT2D eigenvalue weighted by molar-refractivity contribution is 0.0825. The highest BCUT2D eigenvalue weighted by molar-refractivity contribution is 8.00. The minimum Gasteiger partial charge on any atom is -0.485 e. The van der Waals surface area contributed by atoms with Crippen molar-refractivity contribution >= 4 is 29.1 Å². The van der Waals surface area contributed by atoms with E-state index in [2.05, 4.69) is 10.2 Å². The molecule has 2 unspecified atom stereocenters. The molecule has 8 heteroatoms. The van der Waals surface area contributed by atoms with Crippen LogP contribution in [-0.2, 0) is 7.05 Å². The molecule has 0 radical (unpaired) electrons. The van der Waals surface area contributed by atoms with Crippen molar-refractivity contribution in [3.63, 3.8) is 0 Å². The van der Waals surface area contributed by atoms with Gasteiger partial charge < -0.3 is 14.0 Å². The molecule has 2 atom stereocenters. The Hall–Kier alpha value is -2.51. The Bertz CT molecular complexity index is 1010. The number of hydrogen-bond donors (Lipinski definition) is 0. The van der Waals surface area contributed by atoms with E-state index in [1.54, 1.807) is 24.3 Å². The number of Topliss-reactive ketones (excluding diaryl/α,β-unsaturated/α-hetero) is 1. The second kappa shape index (κ2) is 7.85. The van der Waals surface area contributed by atoms with Crippen molar-refractivity contribution in [2.45, 2.75) is 23.4 Å². The van der Waals surface area contributed by atoms with Gasteiger partial charge in [0.2, 0.25) is 0 Å². The van der Waals surface area contributed by atoms with Gasteiger partial charge in [-0.05, 0) is 43.3 Å². The van der Waals surface area contributed by atoms with Crippen molar-refractivity contribution < 1.29 is 14.3 Å². The first-order valence-electron chi connectivity index (χ1n) is 8.77. The van der Waals surface area contributed by atoms with Crippen LogP contribution < -0.4 is 9.47 Å². The smallest absolute Gasteiger partial charge is 0.192 e. The number of fused-ring (bicyclic) bond motifs is 1. The van der Waals surface area contributed by atoms with E-state index in [0.717, 1.165) is 5.75 Å². The fourth-order valence-electron chi connectivity index (χ4n) is 2.92. The van der Waals surface area contributed by atoms with Crippen LogP contribution in [0.25, 0.3) is 0 Å². The van der Waals surface area contributed by atoms with Crippen LogP contribution >= 0.6 is 23.4 Å². The molecule has 0 saturated carbocycles. The Morgan fingerprint density at radius 1 is 1.18 bits per heavy atom. The Morgan fingerprint density at radius 2 is 1.89 bits per heavy atom. The number of rotatable bonds is 5. The second-order valence-corrected chi connectivity index (χ2v) is 8.14. The van der Waals surface area contributed by atoms with Crippen LogP contribution in [-0.4, -0.2) is 32.4 Å². The summed E-state index contributed by atoms with van der Waals surface area (Å²) in [6.45, 7) is 2.21. The van der Waals surface area contributed by atoms with E-state index in [1.807, 2.05) is 42.8 Å². The number of thioether (sulfide) groups is 1. The second-order valence-electron chi connectivity index (χ2n) is 6.40. The molecule has 1 aromatic heterocycles. The molecule has 0 bridgehead atoms. The summed E-state index contributed by atoms with van der Waals surface area (Å²) in [6, 6.07) is 14.4. The van der Waals surface area contributed by atoms with E-state index in [9.17, 15) is 4.79 Å². The molecular formula is C20H18ClN3O3S. The number of aromatic nitrogens is 3. The highest BCUT2D eigenvalue weighted by Crippen LogP contribution is 2.36. The van der Waals surface area contributed by atoms with Gasteiger partial charge in [0.15, 0.2) is 34.4 Å². The van der Waals surface area contributed by atoms with Crippen LogP contribution in [0.2, 0.25) is 5.02 Å². The molecule has 0 amide bonds. The third-order valence-electron chi connectivity index (χ3n) is 4.45. The summed E-state index contributed by atoms with van der Waals surface area (Å²) in [5.74, 6) is 2.07. The lowest BCUT2D eigenvalue weighted by Crippen LogP contribution is -2.24. The van der Waals surface area contributed by atoms with Gasteiger partial charge in [-0.15, -0.1) is 10.2 Å². The number of ketones is 1. The van der Waals surface area contributed by atoms with Crippen molar-refractivity contribution in [1.29, 1.82) is 0 Å². The summed E-state index contributed by atoms with van der Waals surface area (Å²) in [5, 5.41) is 9.44. The number of benzene rings is 2. The number of carbonyl (C=O) groups is 1. The molecule has 0 fully saturated rings. The zero-order valence-corrected chi connectivity index (χ0v) is 16.9. The van der Waals surface area contributed by atoms with Crippen LogP contribution in [0, 0.1) is 0 Å². The van der Waals surface area contributed by atoms with Crippen LogP contribution in [0.1, 0.15) is 29.2 Å². The number of para-hydroxylation sites is 2. The molecule has 28 heavy (non-hydrogen) atoms. The summed E-state index contributed by atoms with van der Waals surface area (Å²) in [5.41, 5.74) is 0.618. The van der Waals surface area contributed by atoms with Crippen molar-refractivity contribution in [2.24, 2.45) is 7.05 Å². The Morgan fingerprint density at radius 3 is 2.64 bits per heavy atom. The topological polar surface area (TPSA) is 66.2 Å². The summed E-state index contributed by atoms with van der Waals surface area (Å²) in [6.07, 6.45) is -0.357. The SMILES string of the molecule is CC(Sc1nnc(C2COc3ccccc3O2)n1C)C(=O)c1ccc(Cl)cc1. The lowest BCUT2D eigenvalue weighted by atomic mass is 10.1. The predicted octanol–water partition coefficient (Wildman–Crippen LogP) is 4.34. The van der Waals surface area contributed by atoms with Crippen LogP contribution in [0.4, 0.5) is 0 Å². The average molecular weight is 416 g/mol. The summed E-state index contributed by atoms with van der Waals surface area (Å²) < 4.78 is 13.6. The molecule has 144 valence electrons. The minimum absolute atomic E-state index is 0.0115. The van der Waals surface area contributed by atoms with Crippen LogP contribution in [0.5, 0.6) is 11.5 Å². The molecule has 2 aromatic carbocycles. The molecule has 4 rings (SSSR count). The number of hydrogen-bond acceptors (Lipinski definition) is 6. The van der Waals surface area contributed by atoms with Crippen molar-refractivity contribution in [3.05, 3.63) is 64.9 Å². The Kier molecular flexibility index (Phi) is 5.28. The highest BCUT2D eigenvalue weighted by Gasteiger charge is 2.28. The van der Waals surface area contributed by atoms with Gasteiger partial charge in [-0.3, -0.25) is 4.79 Å². The fourth-order valence-corrected chi connectivity index (χ4v) is 3.94. The van der Waals surface area contributed by atoms with Gasteiger partial charge in [0.25, 0.3) is 0 Å². The zero-order valence-electron chi connectivity index (χ0n) is 15.3. The van der Waals surface area contributed by atoms with Gasteiger partial charge >= 0.3 is 0 Å². The first-order valence-corrected chi connectivity index (χ1v) is 10.0. The van der Waals surface area contributed by atoms with E-state index < -0.39 is 0 Å². The largest absolute Gasteiger partial charge is 0.485 e. The van der Waals surface area contributed by atoms with E-state index in [0.29, 0.717) is 33.9 Å². The van der Waals surface area contributed by atoms with E-state index in [4.69, 9.17) is 21.1 Å². The molecular weight excluding hydrogens is 398 g/mol. The molecule has 0 spiro atoms. The quantitative estimate of drug-likeness (QED) is 0.456. The molecule has 3 aromatic rings. The maximum absolute atomic E-state index is 12.7. The maximum Gasteiger partial charge on any atom is 0.192 e. The van der Waals surface area contributed by atoms with Gasteiger partial charge in [0.05, 0.1) is 5.25 Å². The van der Waals surface area contributed by atoms with Gasteiger partial charge in [0, 0.05) is 17.6 Å². The fraction of sp³-hybridized carbons (Fsp3) is 0.250. The normalized spacial score (nSPS) is 16.6. The Labute approximate surface area is 171 Å². The van der Waals surface area contributed by atoms with Crippen LogP contribution in [0.3, 0.4) is 0 Å². The molecule has 0 N–H and O–H groups in total. The molecule has 0 aliphatic carbocycles. The first-order chi connectivity index (χ1) is 13.5. The Balaban J connectivity index is 1.48. The minimum atomic E-state index is -0.357. The van der Waals surface area contributed by atoms with Crippen molar-refractivity contribution in [1.82, 2.24) is 14.8 Å². The average Bonchev–Trinajstić information content (AvgIpc) is 3.08. The molecule has 1 aliphatic heterocycles. The van der Waals surface area contributed by atoms with E-state index in [-0.39, 0.29) is 17.1 Å². The lowest BCUT2D eigenvalue weighted by Gasteiger charge is -2.25. The van der Waals surface area contributed by atoms with Gasteiger partial charge in [-0.1, -0.05) is 35.5 Å². The van der Waals surface area contributed by atoms with Crippen molar-refractivity contribution in [3.8, 4) is 11.5 Å². The molecule has 1 aliphatic rings. The number of carbonyl (C=O) groups excluding carboxylic acids is 1. The maximum atomic E-state index is 12.7. The first kappa shape index (κ1) is 18.8. The zero-order chi connectivity index (χ0) is 19.7. The van der Waals surface area contributed by atoms with Gasteiger partial charge in [0.1, 0.15) is 6.61 Å².